The third kappa shape index (κ3) is 2.16. The minimum absolute atomic E-state index is 0.153. The molecule has 2 heterocycles. The Labute approximate surface area is 94.8 Å². The van der Waals surface area contributed by atoms with Crippen molar-refractivity contribution in [1.82, 2.24) is 4.98 Å². The molecule has 6 heteroatoms. The fourth-order valence-electron chi connectivity index (χ4n) is 1.15. The van der Waals surface area contributed by atoms with Crippen LogP contribution in [0, 0.1) is 6.92 Å². The van der Waals surface area contributed by atoms with Crippen LogP contribution in [0.2, 0.25) is 0 Å². The number of carbonyl (C=O) groups is 1. The van der Waals surface area contributed by atoms with E-state index in [1.807, 2.05) is 16.8 Å². The van der Waals surface area contributed by atoms with Crippen molar-refractivity contribution >= 4 is 39.4 Å². The van der Waals surface area contributed by atoms with Gasteiger partial charge < -0.3 is 11.1 Å². The summed E-state index contributed by atoms with van der Waals surface area (Å²) in [6, 6.07) is 1.85. The van der Waals surface area contributed by atoms with E-state index in [4.69, 9.17) is 5.73 Å². The van der Waals surface area contributed by atoms with Gasteiger partial charge in [0.25, 0.3) is 5.91 Å². The average Bonchev–Trinajstić information content (AvgIpc) is 2.75. The van der Waals surface area contributed by atoms with Crippen LogP contribution in [0.25, 0.3) is 0 Å². The summed E-state index contributed by atoms with van der Waals surface area (Å²) < 4.78 is 0. The minimum Gasteiger partial charge on any atom is -0.375 e. The van der Waals surface area contributed by atoms with E-state index in [1.54, 1.807) is 6.92 Å². The number of amides is 1. The van der Waals surface area contributed by atoms with E-state index < -0.39 is 0 Å². The van der Waals surface area contributed by atoms with Crippen molar-refractivity contribution in [3.05, 3.63) is 27.4 Å². The van der Waals surface area contributed by atoms with Crippen LogP contribution in [-0.2, 0) is 0 Å². The summed E-state index contributed by atoms with van der Waals surface area (Å²) >= 11 is 2.74. The van der Waals surface area contributed by atoms with Crippen molar-refractivity contribution in [1.29, 1.82) is 0 Å². The van der Waals surface area contributed by atoms with Gasteiger partial charge in [0, 0.05) is 5.38 Å². The molecule has 0 aromatic carbocycles. The summed E-state index contributed by atoms with van der Waals surface area (Å²) in [6.45, 7) is 1.77. The Hall–Kier alpha value is -1.40. The van der Waals surface area contributed by atoms with Crippen LogP contribution < -0.4 is 11.1 Å². The number of hydrogen-bond acceptors (Lipinski definition) is 5. The zero-order valence-electron chi connectivity index (χ0n) is 7.98. The van der Waals surface area contributed by atoms with Crippen LogP contribution in [0.15, 0.2) is 16.8 Å². The van der Waals surface area contributed by atoms with Crippen molar-refractivity contribution in [2.45, 2.75) is 6.92 Å². The lowest BCUT2D eigenvalue weighted by Gasteiger charge is -1.99. The molecule has 0 radical (unpaired) electrons. The summed E-state index contributed by atoms with van der Waals surface area (Å²) in [7, 11) is 0. The molecule has 78 valence electrons. The highest BCUT2D eigenvalue weighted by atomic mass is 32.1. The van der Waals surface area contributed by atoms with E-state index in [0.717, 1.165) is 5.69 Å². The van der Waals surface area contributed by atoms with E-state index in [1.165, 1.54) is 22.7 Å². The minimum atomic E-state index is -0.153. The molecular formula is C9H9N3OS2. The smallest absolute Gasteiger partial charge is 0.267 e. The molecule has 0 saturated carbocycles. The first-order valence-corrected chi connectivity index (χ1v) is 5.99. The number of nitrogens with one attached hydrogen (secondary N) is 1. The number of rotatable bonds is 2. The first-order valence-electron chi connectivity index (χ1n) is 4.23. The highest BCUT2D eigenvalue weighted by Crippen LogP contribution is 2.21. The number of hydrogen-bond donors (Lipinski definition) is 2. The number of nitrogen functional groups attached to an aromatic ring is 1. The Morgan fingerprint density at radius 3 is 2.93 bits per heavy atom. The van der Waals surface area contributed by atoms with E-state index in [2.05, 4.69) is 10.3 Å². The molecule has 2 rings (SSSR count). The van der Waals surface area contributed by atoms with Gasteiger partial charge in [0.1, 0.15) is 4.88 Å². The van der Waals surface area contributed by atoms with E-state index in [-0.39, 0.29) is 5.91 Å². The second kappa shape index (κ2) is 4.00. The highest BCUT2D eigenvalue weighted by molar-refractivity contribution is 7.17. The summed E-state index contributed by atoms with van der Waals surface area (Å²) in [6.07, 6.45) is 0. The summed E-state index contributed by atoms with van der Waals surface area (Å²) in [4.78, 5) is 16.3. The molecule has 0 aliphatic carbocycles. The molecule has 1 amide bonds. The average molecular weight is 239 g/mol. The van der Waals surface area contributed by atoms with E-state index in [9.17, 15) is 4.79 Å². The molecule has 0 aliphatic rings. The molecule has 0 atom stereocenters. The molecule has 2 aromatic rings. The number of thiophene rings is 1. The van der Waals surface area contributed by atoms with Gasteiger partial charge >= 0.3 is 0 Å². The predicted octanol–water partition coefficient (Wildman–Crippen LogP) is 2.35. The van der Waals surface area contributed by atoms with Crippen molar-refractivity contribution < 1.29 is 4.79 Å². The van der Waals surface area contributed by atoms with Gasteiger partial charge in [0.2, 0.25) is 0 Å². The third-order valence-electron chi connectivity index (χ3n) is 1.80. The maximum absolute atomic E-state index is 11.8. The normalized spacial score (nSPS) is 10.2. The Balaban J connectivity index is 2.18. The lowest BCUT2D eigenvalue weighted by molar-refractivity contribution is 0.103. The van der Waals surface area contributed by atoms with E-state index >= 15 is 0 Å². The zero-order valence-corrected chi connectivity index (χ0v) is 9.61. The van der Waals surface area contributed by atoms with Gasteiger partial charge in [-0.25, -0.2) is 4.98 Å². The largest absolute Gasteiger partial charge is 0.375 e. The Morgan fingerprint density at radius 2 is 2.40 bits per heavy atom. The van der Waals surface area contributed by atoms with Crippen LogP contribution in [0.4, 0.5) is 10.8 Å². The van der Waals surface area contributed by atoms with Crippen LogP contribution in [-0.4, -0.2) is 10.9 Å². The molecule has 0 spiro atoms. The number of thiazole rings is 1. The maximum Gasteiger partial charge on any atom is 0.267 e. The molecular weight excluding hydrogens is 230 g/mol. The number of anilines is 2. The maximum atomic E-state index is 11.8. The van der Waals surface area contributed by atoms with E-state index in [0.29, 0.717) is 15.7 Å². The Kier molecular flexibility index (Phi) is 2.70. The Morgan fingerprint density at radius 1 is 1.60 bits per heavy atom. The number of aromatic nitrogens is 1. The Bertz CT molecular complexity index is 476. The molecule has 2 aromatic heterocycles. The van der Waals surface area contributed by atoms with Gasteiger partial charge in [-0.05, 0) is 18.4 Å². The topological polar surface area (TPSA) is 68.0 Å². The number of nitrogens with two attached hydrogens (primary N) is 1. The van der Waals surface area contributed by atoms with Gasteiger partial charge in [-0.3, -0.25) is 4.79 Å². The summed E-state index contributed by atoms with van der Waals surface area (Å²) in [5, 5.41) is 6.98. The van der Waals surface area contributed by atoms with Gasteiger partial charge in [-0.1, -0.05) is 11.3 Å². The van der Waals surface area contributed by atoms with Crippen molar-refractivity contribution in [3.63, 3.8) is 0 Å². The molecule has 0 unspecified atom stereocenters. The molecule has 4 nitrogen and oxygen atoms in total. The van der Waals surface area contributed by atoms with Gasteiger partial charge in [0.05, 0.1) is 11.4 Å². The molecule has 0 bridgehead atoms. The lowest BCUT2D eigenvalue weighted by Crippen LogP contribution is -2.10. The fraction of sp³-hybridized carbons (Fsp3) is 0.111. The zero-order chi connectivity index (χ0) is 10.8. The second-order valence-electron chi connectivity index (χ2n) is 2.93. The van der Waals surface area contributed by atoms with Crippen molar-refractivity contribution in [2.75, 3.05) is 11.1 Å². The SMILES string of the molecule is Cc1nc(N)sc1C(=O)Nc1ccsc1. The molecule has 0 fully saturated rings. The third-order valence-corrected chi connectivity index (χ3v) is 3.47. The van der Waals surface area contributed by atoms with Crippen LogP contribution >= 0.6 is 22.7 Å². The number of carbonyl (C=O) groups excluding carboxylic acids is 1. The highest BCUT2D eigenvalue weighted by Gasteiger charge is 2.14. The van der Waals surface area contributed by atoms with Gasteiger partial charge in [-0.15, -0.1) is 0 Å². The van der Waals surface area contributed by atoms with Gasteiger partial charge in [0.15, 0.2) is 5.13 Å². The molecule has 15 heavy (non-hydrogen) atoms. The standard InChI is InChI=1S/C9H9N3OS2/c1-5-7(15-9(10)11-5)8(13)12-6-2-3-14-4-6/h2-4H,1H3,(H2,10,11)(H,12,13). The van der Waals surface area contributed by atoms with Crippen molar-refractivity contribution in [2.24, 2.45) is 0 Å². The molecule has 3 N–H and O–H groups in total. The summed E-state index contributed by atoms with van der Waals surface area (Å²) in [5.41, 5.74) is 6.99. The van der Waals surface area contributed by atoms with Crippen LogP contribution in [0.1, 0.15) is 15.4 Å². The van der Waals surface area contributed by atoms with Crippen molar-refractivity contribution in [3.8, 4) is 0 Å². The predicted molar refractivity (Wildman–Crippen MR) is 63.5 cm³/mol. The van der Waals surface area contributed by atoms with Gasteiger partial charge in [-0.2, -0.15) is 11.3 Å². The first kappa shape index (κ1) is 10.1. The van der Waals surface area contributed by atoms with Crippen LogP contribution in [0.3, 0.4) is 0 Å². The monoisotopic (exact) mass is 239 g/mol. The lowest BCUT2D eigenvalue weighted by atomic mass is 10.3. The summed E-state index contributed by atoms with van der Waals surface area (Å²) in [5.74, 6) is -0.153. The quantitative estimate of drug-likeness (QED) is 0.845. The molecule has 0 aliphatic heterocycles. The molecule has 0 saturated heterocycles. The van der Waals surface area contributed by atoms with Crippen LogP contribution in [0.5, 0.6) is 0 Å². The number of aryl methyl sites for hydroxylation is 1. The number of nitrogens with zero attached hydrogens (tertiary/aromatic N) is 1. The first-order chi connectivity index (χ1) is 7.16. The fourth-order valence-corrected chi connectivity index (χ4v) is 2.47. The second-order valence-corrected chi connectivity index (χ2v) is 4.74.